The highest BCUT2D eigenvalue weighted by molar-refractivity contribution is 7.15. The van der Waals surface area contributed by atoms with Crippen LogP contribution in [0.1, 0.15) is 10.6 Å². The van der Waals surface area contributed by atoms with E-state index in [4.69, 9.17) is 9.84 Å². The van der Waals surface area contributed by atoms with Crippen LogP contribution in [0.15, 0.2) is 24.5 Å². The van der Waals surface area contributed by atoms with E-state index in [-0.39, 0.29) is 6.42 Å². The van der Waals surface area contributed by atoms with Gasteiger partial charge in [-0.05, 0) is 12.1 Å². The van der Waals surface area contributed by atoms with Gasteiger partial charge in [-0.3, -0.25) is 9.78 Å². The van der Waals surface area contributed by atoms with E-state index in [0.717, 1.165) is 15.4 Å². The monoisotopic (exact) mass is 264 g/mol. The smallest absolute Gasteiger partial charge is 0.308 e. The molecule has 0 atom stereocenters. The summed E-state index contributed by atoms with van der Waals surface area (Å²) in [6, 6.07) is 3.69. The molecule has 2 heterocycles. The lowest BCUT2D eigenvalue weighted by Crippen LogP contribution is -2.01. The van der Waals surface area contributed by atoms with Crippen LogP contribution in [0.2, 0.25) is 0 Å². The van der Waals surface area contributed by atoms with Crippen LogP contribution in [-0.4, -0.2) is 28.2 Å². The molecule has 0 saturated heterocycles. The number of rotatable bonds is 5. The van der Waals surface area contributed by atoms with Crippen LogP contribution in [0.5, 0.6) is 0 Å². The number of carbonyl (C=O) groups is 1. The molecule has 94 valence electrons. The van der Waals surface area contributed by atoms with E-state index < -0.39 is 5.97 Å². The maximum atomic E-state index is 10.8. The molecule has 0 bridgehead atoms. The summed E-state index contributed by atoms with van der Waals surface area (Å²) in [7, 11) is 1.57. The average molecular weight is 264 g/mol. The fourth-order valence-electron chi connectivity index (χ4n) is 1.53. The fourth-order valence-corrected chi connectivity index (χ4v) is 2.59. The zero-order chi connectivity index (χ0) is 13.0. The van der Waals surface area contributed by atoms with Crippen molar-refractivity contribution >= 4 is 17.3 Å². The number of ether oxygens (including phenoxy) is 1. The highest BCUT2D eigenvalue weighted by Gasteiger charge is 2.14. The minimum Gasteiger partial charge on any atom is -0.481 e. The van der Waals surface area contributed by atoms with E-state index in [9.17, 15) is 4.79 Å². The predicted octanol–water partition coefficient (Wildman–Crippen LogP) is 1.98. The molecule has 0 fully saturated rings. The van der Waals surface area contributed by atoms with Crippen molar-refractivity contribution in [3.05, 3.63) is 35.1 Å². The summed E-state index contributed by atoms with van der Waals surface area (Å²) in [5.41, 5.74) is 1.63. The van der Waals surface area contributed by atoms with Crippen LogP contribution in [0, 0.1) is 0 Å². The van der Waals surface area contributed by atoms with E-state index in [2.05, 4.69) is 9.97 Å². The quantitative estimate of drug-likeness (QED) is 0.894. The van der Waals surface area contributed by atoms with Gasteiger partial charge in [0.1, 0.15) is 5.01 Å². The molecule has 0 aliphatic rings. The molecule has 0 unspecified atom stereocenters. The summed E-state index contributed by atoms with van der Waals surface area (Å²) in [5, 5.41) is 9.66. The number of nitrogens with zero attached hydrogens (tertiary/aromatic N) is 2. The molecule has 0 aliphatic carbocycles. The van der Waals surface area contributed by atoms with Crippen LogP contribution in [0.3, 0.4) is 0 Å². The van der Waals surface area contributed by atoms with Crippen LogP contribution < -0.4 is 0 Å². The molecule has 2 aromatic rings. The highest BCUT2D eigenvalue weighted by Crippen LogP contribution is 2.28. The second-order valence-electron chi connectivity index (χ2n) is 3.63. The molecule has 0 aliphatic heterocycles. The second kappa shape index (κ2) is 5.70. The highest BCUT2D eigenvalue weighted by atomic mass is 32.1. The van der Waals surface area contributed by atoms with Crippen molar-refractivity contribution in [1.82, 2.24) is 9.97 Å². The van der Waals surface area contributed by atoms with Crippen LogP contribution in [0.25, 0.3) is 10.6 Å². The Morgan fingerprint density at radius 1 is 1.44 bits per heavy atom. The van der Waals surface area contributed by atoms with E-state index in [0.29, 0.717) is 12.3 Å². The van der Waals surface area contributed by atoms with Crippen LogP contribution in [0.4, 0.5) is 0 Å². The summed E-state index contributed by atoms with van der Waals surface area (Å²) >= 11 is 1.38. The van der Waals surface area contributed by atoms with Crippen molar-refractivity contribution in [1.29, 1.82) is 0 Å². The molecule has 1 N–H and O–H groups in total. The standard InChI is InChI=1S/C12H12N2O3S/c1-17-7-9-10(6-11(15)16)18-12(14-9)8-2-4-13-5-3-8/h2-5H,6-7H2,1H3,(H,15,16). The van der Waals surface area contributed by atoms with Gasteiger partial charge in [0.25, 0.3) is 0 Å². The Morgan fingerprint density at radius 2 is 2.17 bits per heavy atom. The summed E-state index contributed by atoms with van der Waals surface area (Å²) in [5.74, 6) is -0.864. The van der Waals surface area contributed by atoms with Gasteiger partial charge in [-0.1, -0.05) is 0 Å². The summed E-state index contributed by atoms with van der Waals surface area (Å²) in [6.45, 7) is 0.324. The molecular formula is C12H12N2O3S. The van der Waals surface area contributed by atoms with Crippen LogP contribution >= 0.6 is 11.3 Å². The minimum absolute atomic E-state index is 0.0263. The SMILES string of the molecule is COCc1nc(-c2ccncc2)sc1CC(=O)O. The average Bonchev–Trinajstić information content (AvgIpc) is 2.73. The summed E-state index contributed by atoms with van der Waals surface area (Å²) < 4.78 is 5.04. The zero-order valence-electron chi connectivity index (χ0n) is 9.79. The molecule has 0 radical (unpaired) electrons. The predicted molar refractivity (Wildman–Crippen MR) is 67.4 cm³/mol. The molecule has 6 heteroatoms. The number of methoxy groups -OCH3 is 1. The van der Waals surface area contributed by atoms with Crippen molar-refractivity contribution in [3.63, 3.8) is 0 Å². The van der Waals surface area contributed by atoms with E-state index in [1.807, 2.05) is 12.1 Å². The summed E-state index contributed by atoms with van der Waals surface area (Å²) in [6.07, 6.45) is 3.34. The number of hydrogen-bond acceptors (Lipinski definition) is 5. The first-order valence-corrected chi connectivity index (χ1v) is 6.12. The first kappa shape index (κ1) is 12.7. The molecule has 2 aromatic heterocycles. The normalized spacial score (nSPS) is 10.5. The molecule has 0 amide bonds. The third-order valence-corrected chi connectivity index (χ3v) is 3.45. The lowest BCUT2D eigenvalue weighted by Gasteiger charge is -1.96. The number of carboxylic acids is 1. The van der Waals surface area contributed by atoms with E-state index in [1.165, 1.54) is 11.3 Å². The maximum absolute atomic E-state index is 10.8. The number of aliphatic carboxylic acids is 1. The van der Waals surface area contributed by atoms with Gasteiger partial charge in [-0.25, -0.2) is 4.98 Å². The Balaban J connectivity index is 2.35. The van der Waals surface area contributed by atoms with Gasteiger partial charge in [0.05, 0.1) is 18.7 Å². The van der Waals surface area contributed by atoms with E-state index >= 15 is 0 Å². The largest absolute Gasteiger partial charge is 0.481 e. The van der Waals surface area contributed by atoms with Gasteiger partial charge >= 0.3 is 5.97 Å². The Labute approximate surface area is 108 Å². The van der Waals surface area contributed by atoms with Gasteiger partial charge in [0, 0.05) is 29.9 Å². The molecule has 2 rings (SSSR count). The third-order valence-electron chi connectivity index (χ3n) is 2.30. The molecule has 0 aromatic carbocycles. The Hall–Kier alpha value is -1.79. The number of hydrogen-bond donors (Lipinski definition) is 1. The first-order valence-electron chi connectivity index (χ1n) is 5.30. The molecular weight excluding hydrogens is 252 g/mol. The van der Waals surface area contributed by atoms with Crippen molar-refractivity contribution in [2.75, 3.05) is 7.11 Å². The van der Waals surface area contributed by atoms with Gasteiger partial charge < -0.3 is 9.84 Å². The Bertz CT molecular complexity index is 540. The maximum Gasteiger partial charge on any atom is 0.308 e. The first-order chi connectivity index (χ1) is 8.70. The number of carboxylic acid groups (broad SMARTS) is 1. The molecule has 0 spiro atoms. The number of aromatic nitrogens is 2. The number of pyridine rings is 1. The van der Waals surface area contributed by atoms with Gasteiger partial charge in [0.2, 0.25) is 0 Å². The third kappa shape index (κ3) is 2.91. The Kier molecular flexibility index (Phi) is 4.01. The van der Waals surface area contributed by atoms with E-state index in [1.54, 1.807) is 19.5 Å². The van der Waals surface area contributed by atoms with Gasteiger partial charge in [0.15, 0.2) is 0 Å². The van der Waals surface area contributed by atoms with Crippen molar-refractivity contribution in [3.8, 4) is 10.6 Å². The fraction of sp³-hybridized carbons (Fsp3) is 0.250. The minimum atomic E-state index is -0.864. The molecule has 5 nitrogen and oxygen atoms in total. The second-order valence-corrected chi connectivity index (χ2v) is 4.71. The molecule has 0 saturated carbocycles. The van der Waals surface area contributed by atoms with Gasteiger partial charge in [-0.2, -0.15) is 0 Å². The van der Waals surface area contributed by atoms with Crippen LogP contribution in [-0.2, 0) is 22.6 Å². The van der Waals surface area contributed by atoms with Crippen molar-refractivity contribution < 1.29 is 14.6 Å². The lowest BCUT2D eigenvalue weighted by atomic mass is 10.3. The van der Waals surface area contributed by atoms with Gasteiger partial charge in [-0.15, -0.1) is 11.3 Å². The number of thiazole rings is 1. The summed E-state index contributed by atoms with van der Waals surface area (Å²) in [4.78, 5) is 19.9. The lowest BCUT2D eigenvalue weighted by molar-refractivity contribution is -0.136. The Morgan fingerprint density at radius 3 is 2.78 bits per heavy atom. The zero-order valence-corrected chi connectivity index (χ0v) is 10.6. The molecule has 18 heavy (non-hydrogen) atoms. The van der Waals surface area contributed by atoms with Crippen molar-refractivity contribution in [2.45, 2.75) is 13.0 Å². The topological polar surface area (TPSA) is 72.3 Å². The van der Waals surface area contributed by atoms with Crippen molar-refractivity contribution in [2.24, 2.45) is 0 Å².